The third-order valence-electron chi connectivity index (χ3n) is 6.05. The second-order valence-corrected chi connectivity index (χ2v) is 7.72. The fourth-order valence-electron chi connectivity index (χ4n) is 4.31. The van der Waals surface area contributed by atoms with Crippen molar-refractivity contribution in [2.45, 2.75) is 33.7 Å². The molecule has 5 heteroatoms. The molecule has 1 amide bonds. The van der Waals surface area contributed by atoms with Crippen molar-refractivity contribution in [1.82, 2.24) is 9.88 Å². The Bertz CT molecular complexity index is 1040. The molecule has 1 aromatic heterocycles. The van der Waals surface area contributed by atoms with E-state index in [0.717, 1.165) is 72.6 Å². The number of anilines is 2. The maximum absolute atomic E-state index is 13.5. The lowest BCUT2D eigenvalue weighted by molar-refractivity contribution is 0.102. The molecule has 3 aromatic rings. The molecule has 1 aliphatic heterocycles. The van der Waals surface area contributed by atoms with E-state index in [1.807, 2.05) is 36.4 Å². The molecule has 30 heavy (non-hydrogen) atoms. The predicted molar refractivity (Wildman–Crippen MR) is 124 cm³/mol. The van der Waals surface area contributed by atoms with E-state index in [-0.39, 0.29) is 5.91 Å². The van der Waals surface area contributed by atoms with Gasteiger partial charge < -0.3 is 10.2 Å². The molecule has 0 saturated carbocycles. The second kappa shape index (κ2) is 8.84. The number of benzene rings is 2. The summed E-state index contributed by atoms with van der Waals surface area (Å²) in [6.45, 7) is 11.1. The molecule has 1 N–H and O–H groups in total. The van der Waals surface area contributed by atoms with Gasteiger partial charge in [-0.15, -0.1) is 0 Å². The Morgan fingerprint density at radius 1 is 1.07 bits per heavy atom. The Balaban J connectivity index is 1.69. The number of carbonyl (C=O) groups is 1. The summed E-state index contributed by atoms with van der Waals surface area (Å²) in [7, 11) is 0. The summed E-state index contributed by atoms with van der Waals surface area (Å²) in [6.07, 6.45) is 0.882. The molecule has 0 spiro atoms. The highest BCUT2D eigenvalue weighted by molar-refractivity contribution is 6.13. The number of hydrogen-bond acceptors (Lipinski definition) is 4. The van der Waals surface area contributed by atoms with Crippen LogP contribution in [0.3, 0.4) is 0 Å². The molecule has 0 fully saturated rings. The average molecular weight is 403 g/mol. The molecule has 0 saturated heterocycles. The first-order chi connectivity index (χ1) is 14.6. The minimum Gasteiger partial charge on any atom is -0.372 e. The maximum atomic E-state index is 13.5. The number of pyridine rings is 1. The zero-order valence-electron chi connectivity index (χ0n) is 18.1. The summed E-state index contributed by atoms with van der Waals surface area (Å²) in [4.78, 5) is 23.0. The zero-order chi connectivity index (χ0) is 21.1. The van der Waals surface area contributed by atoms with Crippen LogP contribution in [0.1, 0.15) is 42.4 Å². The highest BCUT2D eigenvalue weighted by Gasteiger charge is 2.25. The van der Waals surface area contributed by atoms with Crippen LogP contribution in [0.2, 0.25) is 0 Å². The van der Waals surface area contributed by atoms with Crippen molar-refractivity contribution >= 4 is 28.2 Å². The zero-order valence-corrected chi connectivity index (χ0v) is 18.1. The third-order valence-corrected chi connectivity index (χ3v) is 6.05. The number of carbonyl (C=O) groups excluding carboxylic acids is 1. The normalized spacial score (nSPS) is 13.8. The van der Waals surface area contributed by atoms with Gasteiger partial charge in [0, 0.05) is 60.6 Å². The largest absolute Gasteiger partial charge is 0.372 e. The summed E-state index contributed by atoms with van der Waals surface area (Å²) in [5.41, 5.74) is 5.77. The predicted octanol–water partition coefficient (Wildman–Crippen LogP) is 4.71. The molecule has 4 rings (SSSR count). The van der Waals surface area contributed by atoms with Crippen molar-refractivity contribution in [1.29, 1.82) is 0 Å². The van der Waals surface area contributed by atoms with Crippen molar-refractivity contribution in [3.63, 3.8) is 0 Å². The lowest BCUT2D eigenvalue weighted by atomic mass is 9.95. The standard InChI is InChI=1S/C25H30N4O/c1-4-28-16-15-23-21(17-28)24(20-9-7-8-10-22(20)27-23)25(30)26-18-11-13-19(14-12-18)29(5-2)6-3/h7-14H,4-6,15-17H2,1-3H3,(H,26,30). The van der Waals surface area contributed by atoms with E-state index in [0.29, 0.717) is 0 Å². The molecular weight excluding hydrogens is 372 g/mol. The first-order valence-corrected chi connectivity index (χ1v) is 10.9. The van der Waals surface area contributed by atoms with Crippen molar-refractivity contribution in [3.8, 4) is 0 Å². The molecule has 0 radical (unpaired) electrons. The molecule has 156 valence electrons. The minimum absolute atomic E-state index is 0.0570. The van der Waals surface area contributed by atoms with E-state index < -0.39 is 0 Å². The van der Waals surface area contributed by atoms with Crippen LogP contribution in [0.5, 0.6) is 0 Å². The lowest BCUT2D eigenvalue weighted by Gasteiger charge is -2.29. The minimum atomic E-state index is -0.0570. The fraction of sp³-hybridized carbons (Fsp3) is 0.360. The van der Waals surface area contributed by atoms with Gasteiger partial charge in [-0.2, -0.15) is 0 Å². The van der Waals surface area contributed by atoms with E-state index in [1.165, 1.54) is 5.69 Å². The fourth-order valence-corrected chi connectivity index (χ4v) is 4.31. The van der Waals surface area contributed by atoms with Gasteiger partial charge >= 0.3 is 0 Å². The van der Waals surface area contributed by atoms with Gasteiger partial charge in [-0.25, -0.2) is 0 Å². The van der Waals surface area contributed by atoms with Crippen molar-refractivity contribution in [2.75, 3.05) is 36.4 Å². The van der Waals surface area contributed by atoms with Gasteiger partial charge in [0.15, 0.2) is 0 Å². The molecule has 0 aliphatic carbocycles. The van der Waals surface area contributed by atoms with Gasteiger partial charge in [0.1, 0.15) is 0 Å². The molecule has 2 aromatic carbocycles. The van der Waals surface area contributed by atoms with Crippen molar-refractivity contribution in [2.24, 2.45) is 0 Å². The SMILES string of the molecule is CCN1CCc2nc3ccccc3c(C(=O)Nc3ccc(N(CC)CC)cc3)c2C1. The van der Waals surface area contributed by atoms with Crippen LogP contribution in [-0.4, -0.2) is 42.0 Å². The van der Waals surface area contributed by atoms with Gasteiger partial charge in [-0.3, -0.25) is 14.7 Å². The number of likely N-dealkylation sites (N-methyl/N-ethyl adjacent to an activating group) is 1. The smallest absolute Gasteiger partial charge is 0.256 e. The van der Waals surface area contributed by atoms with Crippen molar-refractivity contribution in [3.05, 3.63) is 65.4 Å². The quantitative estimate of drug-likeness (QED) is 0.649. The van der Waals surface area contributed by atoms with Gasteiger partial charge in [0.05, 0.1) is 11.1 Å². The Morgan fingerprint density at radius 2 is 1.80 bits per heavy atom. The highest BCUT2D eigenvalue weighted by atomic mass is 16.1. The first kappa shape index (κ1) is 20.4. The number of rotatable bonds is 6. The van der Waals surface area contributed by atoms with Gasteiger partial charge in [0.25, 0.3) is 5.91 Å². The van der Waals surface area contributed by atoms with Gasteiger partial charge in [-0.05, 0) is 50.7 Å². The molecular formula is C25H30N4O. The van der Waals surface area contributed by atoms with Crippen LogP contribution in [0.15, 0.2) is 48.5 Å². The summed E-state index contributed by atoms with van der Waals surface area (Å²) in [5.74, 6) is -0.0570. The topological polar surface area (TPSA) is 48.5 Å². The van der Waals surface area contributed by atoms with Crippen molar-refractivity contribution < 1.29 is 4.79 Å². The van der Waals surface area contributed by atoms with Gasteiger partial charge in [-0.1, -0.05) is 25.1 Å². The molecule has 1 aliphatic rings. The molecule has 2 heterocycles. The van der Waals surface area contributed by atoms with E-state index in [9.17, 15) is 4.79 Å². The average Bonchev–Trinajstić information content (AvgIpc) is 2.78. The molecule has 5 nitrogen and oxygen atoms in total. The van der Waals surface area contributed by atoms with Crippen LogP contribution in [-0.2, 0) is 13.0 Å². The van der Waals surface area contributed by atoms with Crippen LogP contribution in [0.4, 0.5) is 11.4 Å². The number of nitrogens with zero attached hydrogens (tertiary/aromatic N) is 3. The number of nitrogens with one attached hydrogen (secondary N) is 1. The monoisotopic (exact) mass is 402 g/mol. The molecule has 0 atom stereocenters. The number of para-hydroxylation sites is 1. The van der Waals surface area contributed by atoms with E-state index >= 15 is 0 Å². The summed E-state index contributed by atoms with van der Waals surface area (Å²) in [6, 6.07) is 16.1. The Kier molecular flexibility index (Phi) is 6.00. The van der Waals surface area contributed by atoms with Crippen LogP contribution in [0, 0.1) is 0 Å². The summed E-state index contributed by atoms with van der Waals surface area (Å²) < 4.78 is 0. The molecule has 0 bridgehead atoms. The molecule has 0 unspecified atom stereocenters. The number of hydrogen-bond donors (Lipinski definition) is 1. The van der Waals surface area contributed by atoms with Crippen LogP contribution >= 0.6 is 0 Å². The number of fused-ring (bicyclic) bond motifs is 2. The number of aromatic nitrogens is 1. The Morgan fingerprint density at radius 3 is 2.50 bits per heavy atom. The lowest BCUT2D eigenvalue weighted by Crippen LogP contribution is -2.33. The summed E-state index contributed by atoms with van der Waals surface area (Å²) in [5, 5.41) is 4.05. The Labute approximate surface area is 178 Å². The summed E-state index contributed by atoms with van der Waals surface area (Å²) >= 11 is 0. The van der Waals surface area contributed by atoms with Crippen LogP contribution < -0.4 is 10.2 Å². The second-order valence-electron chi connectivity index (χ2n) is 7.72. The van der Waals surface area contributed by atoms with E-state index in [1.54, 1.807) is 0 Å². The first-order valence-electron chi connectivity index (χ1n) is 10.9. The van der Waals surface area contributed by atoms with E-state index in [2.05, 4.69) is 48.0 Å². The number of amides is 1. The third kappa shape index (κ3) is 3.90. The maximum Gasteiger partial charge on any atom is 0.256 e. The highest BCUT2D eigenvalue weighted by Crippen LogP contribution is 2.29. The Hall–Kier alpha value is -2.92. The van der Waals surface area contributed by atoms with Gasteiger partial charge in [0.2, 0.25) is 0 Å². The van der Waals surface area contributed by atoms with E-state index in [4.69, 9.17) is 4.98 Å². The van der Waals surface area contributed by atoms with Crippen LogP contribution in [0.25, 0.3) is 10.9 Å².